The molecule has 152 valence electrons. The summed E-state index contributed by atoms with van der Waals surface area (Å²) in [4.78, 5) is 0. The number of nitrogens with zero attached hydrogens (tertiary/aromatic N) is 1. The first-order chi connectivity index (χ1) is 12.8. The zero-order valence-electron chi connectivity index (χ0n) is 17.6. The molecule has 2 unspecified atom stereocenters. The van der Waals surface area contributed by atoms with Crippen LogP contribution in [-0.4, -0.2) is 35.5 Å². The fourth-order valence-corrected chi connectivity index (χ4v) is 4.09. The summed E-state index contributed by atoms with van der Waals surface area (Å²) in [6, 6.07) is 0. The number of hydrogen-bond donors (Lipinski definition) is 2. The molecule has 0 aromatic rings. The molecule has 0 fully saturated rings. The second-order valence-corrected chi connectivity index (χ2v) is 7.86. The molecule has 1 aliphatic heterocycles. The van der Waals surface area contributed by atoms with E-state index < -0.39 is 0 Å². The van der Waals surface area contributed by atoms with Crippen molar-refractivity contribution in [3.8, 4) is 0 Å². The Morgan fingerprint density at radius 2 is 1.50 bits per heavy atom. The van der Waals surface area contributed by atoms with Gasteiger partial charge < -0.3 is 10.4 Å². The van der Waals surface area contributed by atoms with Gasteiger partial charge in [-0.05, 0) is 32.6 Å². The summed E-state index contributed by atoms with van der Waals surface area (Å²) in [5, 5.41) is 12.9. The molecular formula is C23H45N2O+. The number of likely N-dealkylation sites (N-methyl/N-ethyl adjacent to an activating group) is 1. The number of rotatable bonds is 17. The van der Waals surface area contributed by atoms with Crippen molar-refractivity contribution in [2.24, 2.45) is 0 Å². The van der Waals surface area contributed by atoms with Gasteiger partial charge in [0.1, 0.15) is 12.7 Å². The van der Waals surface area contributed by atoms with Gasteiger partial charge in [0.15, 0.2) is 6.17 Å². The van der Waals surface area contributed by atoms with Gasteiger partial charge in [0, 0.05) is 6.42 Å². The van der Waals surface area contributed by atoms with Gasteiger partial charge in [-0.15, -0.1) is 0 Å². The number of aliphatic hydroxyl groups excluding tert-OH is 1. The summed E-state index contributed by atoms with van der Waals surface area (Å²) < 4.78 is 0.907. The highest BCUT2D eigenvalue weighted by Gasteiger charge is 2.35. The lowest BCUT2D eigenvalue weighted by Gasteiger charge is -2.36. The van der Waals surface area contributed by atoms with E-state index in [9.17, 15) is 5.11 Å². The number of aliphatic hydroxyl groups is 1. The van der Waals surface area contributed by atoms with Gasteiger partial charge in [-0.1, -0.05) is 70.4 Å². The van der Waals surface area contributed by atoms with E-state index in [0.717, 1.165) is 17.6 Å². The monoisotopic (exact) mass is 365 g/mol. The maximum Gasteiger partial charge on any atom is 0.166 e. The van der Waals surface area contributed by atoms with E-state index in [-0.39, 0.29) is 6.61 Å². The minimum Gasteiger partial charge on any atom is -0.390 e. The quantitative estimate of drug-likeness (QED) is 0.192. The van der Waals surface area contributed by atoms with E-state index in [4.69, 9.17) is 0 Å². The third-order valence-electron chi connectivity index (χ3n) is 5.89. The van der Waals surface area contributed by atoms with Crippen LogP contribution in [0.25, 0.3) is 0 Å². The summed E-state index contributed by atoms with van der Waals surface area (Å²) in [6.45, 7) is 6.59. The molecule has 0 aliphatic carbocycles. The zero-order chi connectivity index (χ0) is 18.9. The Morgan fingerprint density at radius 3 is 2.08 bits per heavy atom. The van der Waals surface area contributed by atoms with E-state index >= 15 is 0 Å². The van der Waals surface area contributed by atoms with Crippen molar-refractivity contribution in [1.29, 1.82) is 0 Å². The van der Waals surface area contributed by atoms with Crippen molar-refractivity contribution in [3.63, 3.8) is 0 Å². The van der Waals surface area contributed by atoms with Crippen LogP contribution in [0.1, 0.15) is 97.3 Å². The van der Waals surface area contributed by atoms with Crippen LogP contribution < -0.4 is 5.32 Å². The minimum atomic E-state index is 0.270. The first-order valence-corrected chi connectivity index (χ1v) is 11.3. The molecule has 26 heavy (non-hydrogen) atoms. The molecule has 2 atom stereocenters. The molecule has 2 N–H and O–H groups in total. The molecule has 0 spiro atoms. The fourth-order valence-electron chi connectivity index (χ4n) is 4.09. The highest BCUT2D eigenvalue weighted by Crippen LogP contribution is 2.23. The topological polar surface area (TPSA) is 32.3 Å². The number of nitrogens with one attached hydrogen (secondary N) is 1. The Bertz CT molecular complexity index is 380. The molecule has 1 rings (SSSR count). The molecule has 0 amide bonds. The Hall–Kier alpha value is -0.800. The van der Waals surface area contributed by atoms with Crippen molar-refractivity contribution >= 4 is 0 Å². The van der Waals surface area contributed by atoms with Gasteiger partial charge in [0.2, 0.25) is 0 Å². The summed E-state index contributed by atoms with van der Waals surface area (Å²) in [7, 11) is 0. The summed E-state index contributed by atoms with van der Waals surface area (Å²) in [5.41, 5.74) is 0. The van der Waals surface area contributed by atoms with Crippen LogP contribution in [0.5, 0.6) is 0 Å². The second-order valence-electron chi connectivity index (χ2n) is 7.86. The second kappa shape index (κ2) is 15.3. The molecule has 3 heteroatoms. The third kappa shape index (κ3) is 9.23. The van der Waals surface area contributed by atoms with Gasteiger partial charge in [-0.2, -0.15) is 0 Å². The van der Waals surface area contributed by atoms with Crippen LogP contribution in [-0.2, 0) is 0 Å². The van der Waals surface area contributed by atoms with Crippen LogP contribution in [0.3, 0.4) is 0 Å². The molecule has 1 heterocycles. The normalized spacial score (nSPS) is 22.3. The van der Waals surface area contributed by atoms with E-state index in [2.05, 4.69) is 43.7 Å². The van der Waals surface area contributed by atoms with Gasteiger partial charge >= 0.3 is 0 Å². The lowest BCUT2D eigenvalue weighted by molar-refractivity contribution is -0.900. The van der Waals surface area contributed by atoms with E-state index in [1.54, 1.807) is 0 Å². The van der Waals surface area contributed by atoms with Crippen LogP contribution in [0.15, 0.2) is 24.6 Å². The average Bonchev–Trinajstić information content (AvgIpc) is 3.05. The number of allylic oxidation sites excluding steroid dienone is 2. The van der Waals surface area contributed by atoms with Gasteiger partial charge in [-0.25, -0.2) is 0 Å². The third-order valence-corrected chi connectivity index (χ3v) is 5.89. The zero-order valence-corrected chi connectivity index (χ0v) is 17.6. The smallest absolute Gasteiger partial charge is 0.166 e. The van der Waals surface area contributed by atoms with Crippen LogP contribution in [0.2, 0.25) is 0 Å². The fraction of sp³-hybridized carbons (Fsp3) is 0.826. The van der Waals surface area contributed by atoms with Crippen LogP contribution in [0, 0.1) is 0 Å². The SMILES string of the molecule is CC/C=C/CCCCCCCCCCCCC1NC=C[N+]1(CC)CCO. The number of hydrogen-bond acceptors (Lipinski definition) is 2. The maximum absolute atomic E-state index is 9.35. The molecular weight excluding hydrogens is 320 g/mol. The van der Waals surface area contributed by atoms with E-state index in [1.807, 2.05) is 0 Å². The number of unbranched alkanes of at least 4 members (excludes halogenated alkanes) is 10. The largest absolute Gasteiger partial charge is 0.390 e. The molecule has 0 saturated heterocycles. The standard InChI is InChI=1S/C23H45N2O/c1-3-5-6-7-8-9-10-11-12-13-14-15-16-17-18-23-24-19-20-25(23,4-2)21-22-26/h5-6,19-20,23-24,26H,3-4,7-18,21-22H2,1-2H3/q+1/b6-5+. The van der Waals surface area contributed by atoms with Crippen molar-refractivity contribution < 1.29 is 9.59 Å². The molecule has 0 aromatic heterocycles. The summed E-state index contributed by atoms with van der Waals surface area (Å²) in [5.74, 6) is 0. The number of quaternary nitrogens is 1. The lowest BCUT2D eigenvalue weighted by atomic mass is 10.0. The Labute approximate surface area is 163 Å². The maximum atomic E-state index is 9.35. The lowest BCUT2D eigenvalue weighted by Crippen LogP contribution is -2.54. The Morgan fingerprint density at radius 1 is 0.885 bits per heavy atom. The van der Waals surface area contributed by atoms with Crippen LogP contribution >= 0.6 is 0 Å². The Kier molecular flexibility index (Phi) is 13.7. The predicted molar refractivity (Wildman–Crippen MR) is 114 cm³/mol. The highest BCUT2D eigenvalue weighted by molar-refractivity contribution is 4.84. The van der Waals surface area contributed by atoms with Crippen LogP contribution in [0.4, 0.5) is 0 Å². The Balaban J connectivity index is 1.91. The van der Waals surface area contributed by atoms with Crippen molar-refractivity contribution in [3.05, 3.63) is 24.6 Å². The molecule has 1 aliphatic rings. The van der Waals surface area contributed by atoms with Crippen molar-refractivity contribution in [1.82, 2.24) is 5.32 Å². The molecule has 0 aromatic carbocycles. The highest BCUT2D eigenvalue weighted by atomic mass is 16.3. The predicted octanol–water partition coefficient (Wildman–Crippen LogP) is 5.86. The summed E-state index contributed by atoms with van der Waals surface area (Å²) >= 11 is 0. The molecule has 0 radical (unpaired) electrons. The average molecular weight is 366 g/mol. The van der Waals surface area contributed by atoms with Crippen molar-refractivity contribution in [2.75, 3.05) is 19.7 Å². The first kappa shape index (κ1) is 23.2. The molecule has 0 saturated carbocycles. The molecule has 3 nitrogen and oxygen atoms in total. The molecule has 0 bridgehead atoms. The first-order valence-electron chi connectivity index (χ1n) is 11.3. The van der Waals surface area contributed by atoms with Gasteiger partial charge in [0.25, 0.3) is 0 Å². The van der Waals surface area contributed by atoms with Gasteiger partial charge in [0.05, 0.1) is 19.4 Å². The summed E-state index contributed by atoms with van der Waals surface area (Å²) in [6.07, 6.45) is 27.0. The van der Waals surface area contributed by atoms with Crippen molar-refractivity contribution in [2.45, 2.75) is 103 Å². The van der Waals surface area contributed by atoms with E-state index in [1.165, 1.54) is 83.5 Å². The minimum absolute atomic E-state index is 0.270. The van der Waals surface area contributed by atoms with E-state index in [0.29, 0.717) is 6.17 Å². The van der Waals surface area contributed by atoms with Gasteiger partial charge in [-0.3, -0.25) is 4.48 Å².